The Kier molecular flexibility index (Phi) is 6.16. The molecule has 0 radical (unpaired) electrons. The number of nitrogens with zero attached hydrogens (tertiary/aromatic N) is 3. The summed E-state index contributed by atoms with van der Waals surface area (Å²) in [6, 6.07) is 11.4. The first-order chi connectivity index (χ1) is 15.3. The summed E-state index contributed by atoms with van der Waals surface area (Å²) in [6.07, 6.45) is 2.29. The van der Waals surface area contributed by atoms with Crippen LogP contribution < -0.4 is 5.32 Å². The van der Waals surface area contributed by atoms with Gasteiger partial charge in [0, 0.05) is 19.2 Å². The number of fused-ring (bicyclic) bond motifs is 1. The van der Waals surface area contributed by atoms with Crippen LogP contribution in [-0.4, -0.2) is 40.7 Å². The van der Waals surface area contributed by atoms with E-state index in [1.165, 1.54) is 16.4 Å². The second-order valence-electron chi connectivity index (χ2n) is 8.51. The number of nitrogens with one attached hydrogen (secondary N) is 2. The standard InChI is InChI=1S/C22H27N5O4S/c1-15(2)13-20(22-24-17-7-3-4-8-18(17)25-22)23-19-10-9-16(14-21(19)27(28)29)32(30,31)26-11-5-6-12-26/h3-4,7-10,14-15,20,23H,5-6,11-13H2,1-2H3,(H,24,25)/t20-/m1/s1. The number of imidazole rings is 1. The maximum absolute atomic E-state index is 12.9. The number of benzene rings is 2. The predicted molar refractivity (Wildman–Crippen MR) is 123 cm³/mol. The summed E-state index contributed by atoms with van der Waals surface area (Å²) in [5.74, 6) is 0.984. The lowest BCUT2D eigenvalue weighted by Crippen LogP contribution is -2.28. The van der Waals surface area contributed by atoms with Gasteiger partial charge in [-0.05, 0) is 49.4 Å². The first-order valence-corrected chi connectivity index (χ1v) is 12.2. The van der Waals surface area contributed by atoms with E-state index in [0.29, 0.717) is 31.3 Å². The van der Waals surface area contributed by atoms with E-state index >= 15 is 0 Å². The van der Waals surface area contributed by atoms with Crippen LogP contribution in [0.5, 0.6) is 0 Å². The Bertz CT molecular complexity index is 1200. The van der Waals surface area contributed by atoms with Crippen molar-refractivity contribution in [1.29, 1.82) is 0 Å². The minimum atomic E-state index is -3.75. The third-order valence-electron chi connectivity index (χ3n) is 5.64. The molecule has 9 nitrogen and oxygen atoms in total. The van der Waals surface area contributed by atoms with Gasteiger partial charge in [-0.15, -0.1) is 0 Å². The van der Waals surface area contributed by atoms with Gasteiger partial charge in [0.1, 0.15) is 11.5 Å². The number of hydrogen-bond donors (Lipinski definition) is 2. The van der Waals surface area contributed by atoms with Crippen LogP contribution in [0.1, 0.15) is 45.0 Å². The van der Waals surface area contributed by atoms with Crippen molar-refractivity contribution in [2.24, 2.45) is 5.92 Å². The highest BCUT2D eigenvalue weighted by atomic mass is 32.2. The van der Waals surface area contributed by atoms with Crippen molar-refractivity contribution in [3.8, 4) is 0 Å². The van der Waals surface area contributed by atoms with E-state index in [2.05, 4.69) is 29.1 Å². The van der Waals surface area contributed by atoms with Crippen LogP contribution in [0, 0.1) is 16.0 Å². The summed E-state index contributed by atoms with van der Waals surface area (Å²) in [5.41, 5.74) is 1.70. The van der Waals surface area contributed by atoms with Crippen LogP contribution in [0.15, 0.2) is 47.4 Å². The normalized spacial score (nSPS) is 16.0. The molecule has 1 aliphatic rings. The molecule has 0 unspecified atom stereocenters. The number of nitro benzene ring substituents is 1. The number of aromatic amines is 1. The molecule has 0 amide bonds. The molecular formula is C22H27N5O4S. The Morgan fingerprint density at radius 2 is 1.91 bits per heavy atom. The Hall–Kier alpha value is -2.98. The molecule has 10 heteroatoms. The average molecular weight is 458 g/mol. The third kappa shape index (κ3) is 4.46. The van der Waals surface area contributed by atoms with Crippen molar-refractivity contribution >= 4 is 32.4 Å². The van der Waals surface area contributed by atoms with Crippen LogP contribution >= 0.6 is 0 Å². The quantitative estimate of drug-likeness (QED) is 0.381. The van der Waals surface area contributed by atoms with Crippen LogP contribution in [0.2, 0.25) is 0 Å². The number of nitro groups is 1. The summed E-state index contributed by atoms with van der Waals surface area (Å²) < 4.78 is 27.1. The van der Waals surface area contributed by atoms with Gasteiger partial charge >= 0.3 is 0 Å². The molecule has 1 aromatic heterocycles. The Labute approximate surface area is 187 Å². The smallest absolute Gasteiger partial charge is 0.293 e. The lowest BCUT2D eigenvalue weighted by Gasteiger charge is -2.21. The monoisotopic (exact) mass is 457 g/mol. The van der Waals surface area contributed by atoms with Crippen molar-refractivity contribution in [2.45, 2.75) is 44.0 Å². The molecule has 0 bridgehead atoms. The van der Waals surface area contributed by atoms with Crippen LogP contribution in [0.4, 0.5) is 11.4 Å². The molecule has 0 aliphatic carbocycles. The molecule has 0 spiro atoms. The molecule has 3 aromatic rings. The highest BCUT2D eigenvalue weighted by Gasteiger charge is 2.30. The van der Waals surface area contributed by atoms with E-state index in [4.69, 9.17) is 0 Å². The van der Waals surface area contributed by atoms with Gasteiger partial charge in [0.05, 0.1) is 26.9 Å². The molecule has 32 heavy (non-hydrogen) atoms. The summed E-state index contributed by atoms with van der Waals surface area (Å²) in [5, 5.41) is 15.1. The van der Waals surface area contributed by atoms with Gasteiger partial charge < -0.3 is 10.3 Å². The minimum absolute atomic E-state index is 0.0548. The molecule has 4 rings (SSSR count). The summed E-state index contributed by atoms with van der Waals surface area (Å²) in [6.45, 7) is 5.02. The van der Waals surface area contributed by atoms with Crippen molar-refractivity contribution in [3.05, 3.63) is 58.4 Å². The first kappa shape index (κ1) is 22.2. The Balaban J connectivity index is 1.69. The van der Waals surface area contributed by atoms with E-state index in [-0.39, 0.29) is 22.3 Å². The van der Waals surface area contributed by atoms with E-state index < -0.39 is 14.9 Å². The SMILES string of the molecule is CC(C)C[C@@H](Nc1ccc(S(=O)(=O)N2CCCC2)cc1[N+](=O)[O-])c1nc2ccccc2[nH]1. The van der Waals surface area contributed by atoms with Crippen LogP contribution in [-0.2, 0) is 10.0 Å². The number of para-hydroxylation sites is 2. The van der Waals surface area contributed by atoms with Crippen LogP contribution in [0.25, 0.3) is 11.0 Å². The van der Waals surface area contributed by atoms with E-state index in [9.17, 15) is 18.5 Å². The largest absolute Gasteiger partial charge is 0.370 e. The topological polar surface area (TPSA) is 121 Å². The van der Waals surface area contributed by atoms with Crippen LogP contribution in [0.3, 0.4) is 0 Å². The van der Waals surface area contributed by atoms with E-state index in [1.807, 2.05) is 24.3 Å². The van der Waals surface area contributed by atoms with Crippen molar-refractivity contribution in [2.75, 3.05) is 18.4 Å². The second-order valence-corrected chi connectivity index (χ2v) is 10.5. The third-order valence-corrected chi connectivity index (χ3v) is 7.54. The zero-order valence-corrected chi connectivity index (χ0v) is 18.9. The highest BCUT2D eigenvalue weighted by Crippen LogP contribution is 2.34. The van der Waals surface area contributed by atoms with Gasteiger partial charge in [-0.2, -0.15) is 4.31 Å². The maximum Gasteiger partial charge on any atom is 0.293 e. The average Bonchev–Trinajstić information content (AvgIpc) is 3.43. The number of aromatic nitrogens is 2. The van der Waals surface area contributed by atoms with E-state index in [1.54, 1.807) is 0 Å². The first-order valence-electron chi connectivity index (χ1n) is 10.8. The fourth-order valence-corrected chi connectivity index (χ4v) is 5.60. The lowest BCUT2D eigenvalue weighted by atomic mass is 10.0. The Morgan fingerprint density at radius 1 is 1.19 bits per heavy atom. The van der Waals surface area contributed by atoms with Gasteiger partial charge in [0.25, 0.3) is 5.69 Å². The molecule has 2 aromatic carbocycles. The number of rotatable bonds is 8. The number of H-pyrrole nitrogens is 1. The molecule has 1 aliphatic heterocycles. The molecule has 170 valence electrons. The summed E-state index contributed by atoms with van der Waals surface area (Å²) >= 11 is 0. The van der Waals surface area contributed by atoms with Gasteiger partial charge in [-0.1, -0.05) is 26.0 Å². The molecule has 1 atom stereocenters. The molecule has 2 N–H and O–H groups in total. The molecule has 1 saturated heterocycles. The molecule has 1 fully saturated rings. The van der Waals surface area contributed by atoms with Gasteiger partial charge in [0.2, 0.25) is 10.0 Å². The molecular weight excluding hydrogens is 430 g/mol. The highest BCUT2D eigenvalue weighted by molar-refractivity contribution is 7.89. The zero-order valence-electron chi connectivity index (χ0n) is 18.1. The fraction of sp³-hybridized carbons (Fsp3) is 0.409. The fourth-order valence-electron chi connectivity index (χ4n) is 4.06. The second kappa shape index (κ2) is 8.87. The van der Waals surface area contributed by atoms with E-state index in [0.717, 1.165) is 29.9 Å². The number of sulfonamides is 1. The lowest BCUT2D eigenvalue weighted by molar-refractivity contribution is -0.384. The summed E-state index contributed by atoms with van der Waals surface area (Å²) in [7, 11) is -3.75. The number of hydrogen-bond acceptors (Lipinski definition) is 6. The molecule has 0 saturated carbocycles. The van der Waals surface area contributed by atoms with Gasteiger partial charge in [0.15, 0.2) is 0 Å². The summed E-state index contributed by atoms with van der Waals surface area (Å²) in [4.78, 5) is 19.2. The Morgan fingerprint density at radius 3 is 2.56 bits per heavy atom. The van der Waals surface area contributed by atoms with Crippen molar-refractivity contribution in [1.82, 2.24) is 14.3 Å². The minimum Gasteiger partial charge on any atom is -0.370 e. The number of anilines is 1. The molecule has 2 heterocycles. The van der Waals surface area contributed by atoms with Crippen molar-refractivity contribution in [3.63, 3.8) is 0 Å². The van der Waals surface area contributed by atoms with Gasteiger partial charge in [-0.25, -0.2) is 13.4 Å². The maximum atomic E-state index is 12.9. The van der Waals surface area contributed by atoms with Crippen molar-refractivity contribution < 1.29 is 13.3 Å². The predicted octanol–water partition coefficient (Wildman–Crippen LogP) is 4.45. The zero-order chi connectivity index (χ0) is 22.9. The van der Waals surface area contributed by atoms with Gasteiger partial charge in [-0.3, -0.25) is 10.1 Å².